The highest BCUT2D eigenvalue weighted by molar-refractivity contribution is 5.95. The molecule has 0 atom stereocenters. The Balaban J connectivity index is 1.44. The Hall–Kier alpha value is -3.03. The molecule has 28 heavy (non-hydrogen) atoms. The molecule has 0 saturated carbocycles. The van der Waals surface area contributed by atoms with Crippen LogP contribution in [0.3, 0.4) is 0 Å². The molecule has 3 rings (SSSR count). The Morgan fingerprint density at radius 1 is 1.07 bits per heavy atom. The van der Waals surface area contributed by atoms with Crippen LogP contribution in [0, 0.1) is 11.6 Å². The second-order valence-electron chi connectivity index (χ2n) is 6.63. The molecule has 1 aromatic carbocycles. The quantitative estimate of drug-likeness (QED) is 0.798. The lowest BCUT2D eigenvalue weighted by Gasteiger charge is -2.27. The Labute approximate surface area is 162 Å². The van der Waals surface area contributed by atoms with Gasteiger partial charge in [-0.3, -0.25) is 9.59 Å². The molecule has 0 spiro atoms. The topological polar surface area (TPSA) is 74.3 Å². The molecule has 1 fully saturated rings. The van der Waals surface area contributed by atoms with Gasteiger partial charge in [0.05, 0.1) is 17.4 Å². The number of nitrogens with zero attached hydrogens (tertiary/aromatic N) is 2. The summed E-state index contributed by atoms with van der Waals surface area (Å²) in [6, 6.07) is 6.38. The summed E-state index contributed by atoms with van der Waals surface area (Å²) < 4.78 is 26.4. The molecule has 148 valence electrons. The molecule has 1 aliphatic rings. The molecule has 1 aromatic heterocycles. The number of rotatable bonds is 6. The lowest BCUT2D eigenvalue weighted by molar-refractivity contribution is -0.116. The first-order chi connectivity index (χ1) is 13.5. The van der Waals surface area contributed by atoms with Gasteiger partial charge in [0.15, 0.2) is 0 Å². The maximum Gasteiger partial charge on any atom is 0.254 e. The zero-order chi connectivity index (χ0) is 19.9. The minimum atomic E-state index is -0.943. The van der Waals surface area contributed by atoms with Crippen molar-refractivity contribution >= 4 is 23.3 Å². The summed E-state index contributed by atoms with van der Waals surface area (Å²) in [5.41, 5.74) is 0.306. The third kappa shape index (κ3) is 5.25. The normalized spacial score (nSPS) is 13.9. The van der Waals surface area contributed by atoms with Gasteiger partial charge < -0.3 is 15.5 Å². The van der Waals surface area contributed by atoms with Crippen LogP contribution in [0.25, 0.3) is 0 Å². The van der Waals surface area contributed by atoms with Gasteiger partial charge in [0, 0.05) is 32.1 Å². The van der Waals surface area contributed by atoms with Gasteiger partial charge in [0.2, 0.25) is 5.91 Å². The lowest BCUT2D eigenvalue weighted by Crippen LogP contribution is -2.30. The SMILES string of the molecule is O=C(CCNC(=O)c1ccc(F)cc1F)Nc1ccc(N2CCCCC2)nc1. The van der Waals surface area contributed by atoms with Gasteiger partial charge in [0.25, 0.3) is 5.91 Å². The van der Waals surface area contributed by atoms with Gasteiger partial charge in [0.1, 0.15) is 17.5 Å². The molecule has 2 amide bonds. The van der Waals surface area contributed by atoms with Crippen molar-refractivity contribution < 1.29 is 18.4 Å². The zero-order valence-electron chi connectivity index (χ0n) is 15.4. The van der Waals surface area contributed by atoms with E-state index in [0.29, 0.717) is 11.8 Å². The first-order valence-electron chi connectivity index (χ1n) is 9.27. The first-order valence-corrected chi connectivity index (χ1v) is 9.27. The molecule has 2 N–H and O–H groups in total. The number of piperidine rings is 1. The number of halogens is 2. The smallest absolute Gasteiger partial charge is 0.254 e. The third-order valence-electron chi connectivity index (χ3n) is 4.53. The van der Waals surface area contributed by atoms with E-state index < -0.39 is 17.5 Å². The van der Waals surface area contributed by atoms with E-state index in [-0.39, 0.29) is 24.4 Å². The van der Waals surface area contributed by atoms with Crippen LogP contribution in [0.4, 0.5) is 20.3 Å². The summed E-state index contributed by atoms with van der Waals surface area (Å²) in [4.78, 5) is 30.5. The standard InChI is InChI=1S/C20H22F2N4O2/c21-14-4-6-16(17(22)12-14)20(28)23-9-8-19(27)25-15-5-7-18(24-13-15)26-10-2-1-3-11-26/h4-7,12-13H,1-3,8-11H2,(H,23,28)(H,25,27). The molecule has 6 nitrogen and oxygen atoms in total. The minimum Gasteiger partial charge on any atom is -0.357 e. The predicted molar refractivity (Wildman–Crippen MR) is 102 cm³/mol. The van der Waals surface area contributed by atoms with Gasteiger partial charge in [-0.1, -0.05) is 0 Å². The van der Waals surface area contributed by atoms with Crippen molar-refractivity contribution in [2.24, 2.45) is 0 Å². The summed E-state index contributed by atoms with van der Waals surface area (Å²) in [5.74, 6) is -1.80. The van der Waals surface area contributed by atoms with Crippen molar-refractivity contribution in [1.82, 2.24) is 10.3 Å². The van der Waals surface area contributed by atoms with Gasteiger partial charge in [-0.25, -0.2) is 13.8 Å². The molecule has 0 unspecified atom stereocenters. The van der Waals surface area contributed by atoms with Gasteiger partial charge in [-0.2, -0.15) is 0 Å². The molecular weight excluding hydrogens is 366 g/mol. The molecule has 0 aliphatic carbocycles. The maximum atomic E-state index is 13.6. The average Bonchev–Trinajstić information content (AvgIpc) is 2.69. The van der Waals surface area contributed by atoms with Crippen LogP contribution in [0.5, 0.6) is 0 Å². The van der Waals surface area contributed by atoms with E-state index in [0.717, 1.165) is 43.9 Å². The average molecular weight is 388 g/mol. The molecule has 2 heterocycles. The van der Waals surface area contributed by atoms with Crippen molar-refractivity contribution in [3.05, 3.63) is 53.7 Å². The minimum absolute atomic E-state index is 0.0163. The fraction of sp³-hybridized carbons (Fsp3) is 0.350. The zero-order valence-corrected chi connectivity index (χ0v) is 15.4. The number of aromatic nitrogens is 1. The van der Waals surface area contributed by atoms with E-state index >= 15 is 0 Å². The van der Waals surface area contributed by atoms with Crippen LogP contribution < -0.4 is 15.5 Å². The van der Waals surface area contributed by atoms with Crippen LogP contribution in [0.1, 0.15) is 36.0 Å². The van der Waals surface area contributed by atoms with Crippen molar-refractivity contribution in [3.8, 4) is 0 Å². The number of carbonyl (C=O) groups excluding carboxylic acids is 2. The summed E-state index contributed by atoms with van der Waals surface area (Å²) in [6.45, 7) is 2.01. The van der Waals surface area contributed by atoms with Crippen LogP contribution in [0.15, 0.2) is 36.5 Å². The van der Waals surface area contributed by atoms with E-state index in [1.54, 1.807) is 12.3 Å². The largest absolute Gasteiger partial charge is 0.357 e. The van der Waals surface area contributed by atoms with E-state index in [1.807, 2.05) is 6.07 Å². The monoisotopic (exact) mass is 388 g/mol. The van der Waals surface area contributed by atoms with E-state index in [2.05, 4.69) is 20.5 Å². The van der Waals surface area contributed by atoms with E-state index in [9.17, 15) is 18.4 Å². The van der Waals surface area contributed by atoms with E-state index in [4.69, 9.17) is 0 Å². The van der Waals surface area contributed by atoms with Gasteiger partial charge >= 0.3 is 0 Å². The predicted octanol–water partition coefficient (Wildman–Crippen LogP) is 3.11. The third-order valence-corrected chi connectivity index (χ3v) is 4.53. The highest BCUT2D eigenvalue weighted by atomic mass is 19.1. The first kappa shape index (κ1) is 19.7. The van der Waals surface area contributed by atoms with E-state index in [1.165, 1.54) is 6.42 Å². The highest BCUT2D eigenvalue weighted by Crippen LogP contribution is 2.19. The molecule has 1 aliphatic heterocycles. The second-order valence-corrected chi connectivity index (χ2v) is 6.63. The molecule has 8 heteroatoms. The van der Waals surface area contributed by atoms with Crippen molar-refractivity contribution in [2.45, 2.75) is 25.7 Å². The van der Waals surface area contributed by atoms with Crippen LogP contribution in [0.2, 0.25) is 0 Å². The number of hydrogen-bond donors (Lipinski definition) is 2. The highest BCUT2D eigenvalue weighted by Gasteiger charge is 2.14. The number of hydrogen-bond acceptors (Lipinski definition) is 4. The molecule has 0 radical (unpaired) electrons. The van der Waals surface area contributed by atoms with Crippen LogP contribution in [-0.2, 0) is 4.79 Å². The number of amides is 2. The van der Waals surface area contributed by atoms with Crippen LogP contribution >= 0.6 is 0 Å². The fourth-order valence-electron chi connectivity index (χ4n) is 3.05. The number of benzene rings is 1. The van der Waals surface area contributed by atoms with Crippen molar-refractivity contribution in [2.75, 3.05) is 29.9 Å². The van der Waals surface area contributed by atoms with Crippen molar-refractivity contribution in [3.63, 3.8) is 0 Å². The summed E-state index contributed by atoms with van der Waals surface area (Å²) in [6.07, 6.45) is 5.19. The number of carbonyl (C=O) groups is 2. The Kier molecular flexibility index (Phi) is 6.52. The number of pyridine rings is 1. The molecule has 0 bridgehead atoms. The van der Waals surface area contributed by atoms with Gasteiger partial charge in [-0.05, 0) is 43.5 Å². The molecular formula is C20H22F2N4O2. The lowest BCUT2D eigenvalue weighted by atomic mass is 10.1. The summed E-state index contributed by atoms with van der Waals surface area (Å²) in [5, 5.41) is 5.15. The Morgan fingerprint density at radius 2 is 1.86 bits per heavy atom. The summed E-state index contributed by atoms with van der Waals surface area (Å²) >= 11 is 0. The van der Waals surface area contributed by atoms with Crippen LogP contribution in [-0.4, -0.2) is 36.4 Å². The van der Waals surface area contributed by atoms with Gasteiger partial charge in [-0.15, -0.1) is 0 Å². The number of anilines is 2. The van der Waals surface area contributed by atoms with Crippen molar-refractivity contribution in [1.29, 1.82) is 0 Å². The second kappa shape index (κ2) is 9.25. The maximum absolute atomic E-state index is 13.6. The fourth-order valence-corrected chi connectivity index (χ4v) is 3.05. The summed E-state index contributed by atoms with van der Waals surface area (Å²) in [7, 11) is 0. The Morgan fingerprint density at radius 3 is 2.54 bits per heavy atom. The molecule has 1 saturated heterocycles. The number of nitrogens with one attached hydrogen (secondary N) is 2. The Bertz CT molecular complexity index is 837. The molecule has 2 aromatic rings.